The molecule has 0 spiro atoms. The molecule has 6 rings (SSSR count). The predicted octanol–water partition coefficient (Wildman–Crippen LogP) is 2.25. The highest BCUT2D eigenvalue weighted by atomic mass is 16.5. The predicted molar refractivity (Wildman–Crippen MR) is 144 cm³/mol. The molecular weight excluding hydrogens is 486 g/mol. The molecule has 12 nitrogen and oxygen atoms in total. The number of oxazole rings is 1. The molecule has 1 amide bonds. The number of pyridine rings is 2. The number of piperazine rings is 1. The van der Waals surface area contributed by atoms with Crippen LogP contribution in [0.3, 0.4) is 0 Å². The lowest BCUT2D eigenvalue weighted by atomic mass is 10.1. The second kappa shape index (κ2) is 10.0. The van der Waals surface area contributed by atoms with Crippen LogP contribution in [0.2, 0.25) is 0 Å². The van der Waals surface area contributed by atoms with Crippen LogP contribution in [0.1, 0.15) is 17.3 Å². The van der Waals surface area contributed by atoms with E-state index in [-0.39, 0.29) is 5.91 Å². The number of anilines is 3. The molecule has 2 aliphatic rings. The number of fused-ring (bicyclic) bond motifs is 1. The maximum absolute atomic E-state index is 13.7. The second-order valence-electron chi connectivity index (χ2n) is 9.82. The number of amides is 1. The number of carbonyl (C=O) groups excluding carboxylic acids is 1. The van der Waals surface area contributed by atoms with Crippen molar-refractivity contribution in [3.05, 3.63) is 42.2 Å². The van der Waals surface area contributed by atoms with E-state index in [1.54, 1.807) is 23.0 Å². The number of nitrogens with one attached hydrogen (secondary N) is 1. The molecule has 4 aromatic rings. The number of carbonyl (C=O) groups is 1. The van der Waals surface area contributed by atoms with E-state index in [0.717, 1.165) is 30.9 Å². The fraction of sp³-hybridized carbons (Fsp3) is 0.423. The normalized spacial score (nSPS) is 18.8. The van der Waals surface area contributed by atoms with Gasteiger partial charge in [0.05, 0.1) is 30.7 Å². The average Bonchev–Trinajstić information content (AvgIpc) is 3.56. The monoisotopic (exact) mass is 517 g/mol. The van der Waals surface area contributed by atoms with Gasteiger partial charge >= 0.3 is 0 Å². The molecule has 2 fully saturated rings. The molecule has 0 aromatic carbocycles. The Bertz CT molecular complexity index is 1460. The summed E-state index contributed by atoms with van der Waals surface area (Å²) >= 11 is 0. The number of hydrogen-bond acceptors (Lipinski definition) is 10. The summed E-state index contributed by atoms with van der Waals surface area (Å²) in [5, 5.41) is 7.18. The van der Waals surface area contributed by atoms with E-state index in [0.29, 0.717) is 66.8 Å². The molecule has 38 heavy (non-hydrogen) atoms. The zero-order chi connectivity index (χ0) is 26.2. The Morgan fingerprint density at radius 1 is 1.05 bits per heavy atom. The summed E-state index contributed by atoms with van der Waals surface area (Å²) in [6.45, 7) is 7.18. The van der Waals surface area contributed by atoms with Gasteiger partial charge in [0, 0.05) is 63.6 Å². The summed E-state index contributed by atoms with van der Waals surface area (Å²) < 4.78 is 13.2. The first-order valence-corrected chi connectivity index (χ1v) is 12.8. The fourth-order valence-electron chi connectivity index (χ4n) is 4.78. The lowest BCUT2D eigenvalue weighted by Crippen LogP contribution is -2.50. The van der Waals surface area contributed by atoms with Crippen molar-refractivity contribution in [1.82, 2.24) is 29.6 Å². The van der Waals surface area contributed by atoms with Gasteiger partial charge in [-0.25, -0.2) is 9.97 Å². The minimum Gasteiger partial charge on any atom is -0.422 e. The van der Waals surface area contributed by atoms with E-state index >= 15 is 0 Å². The molecular formula is C26H31N9O3. The highest BCUT2D eigenvalue weighted by Gasteiger charge is 2.28. The Morgan fingerprint density at radius 2 is 1.89 bits per heavy atom. The third kappa shape index (κ3) is 4.79. The van der Waals surface area contributed by atoms with Gasteiger partial charge in [0.25, 0.3) is 11.9 Å². The van der Waals surface area contributed by atoms with Gasteiger partial charge in [-0.05, 0) is 26.1 Å². The van der Waals surface area contributed by atoms with Gasteiger partial charge in [0.2, 0.25) is 5.65 Å². The van der Waals surface area contributed by atoms with E-state index in [1.165, 1.54) is 0 Å². The van der Waals surface area contributed by atoms with Crippen LogP contribution in [0, 0.1) is 0 Å². The zero-order valence-corrected chi connectivity index (χ0v) is 21.8. The average molecular weight is 518 g/mol. The van der Waals surface area contributed by atoms with Crippen LogP contribution in [-0.4, -0.2) is 94.6 Å². The van der Waals surface area contributed by atoms with E-state index < -0.39 is 0 Å². The standard InChI is InChI=1S/C26H31N9O3/c1-17-15-35(8-7-32(17)2)24-19(13-21-23(30-24)31-26(38-21)34-9-11-37-12-10-34)25(36)29-22-6-4-5-20(28-22)18-14-27-33(3)16-18/h4-6,13-14,16-17H,7-12,15H2,1-3H3,(H,28,29,36)/t17-/m0/s1. The van der Waals surface area contributed by atoms with Gasteiger partial charge in [-0.2, -0.15) is 10.1 Å². The third-order valence-electron chi connectivity index (χ3n) is 7.13. The summed E-state index contributed by atoms with van der Waals surface area (Å²) in [6.07, 6.45) is 3.63. The van der Waals surface area contributed by atoms with Gasteiger partial charge in [0.1, 0.15) is 11.6 Å². The van der Waals surface area contributed by atoms with Crippen LogP contribution in [0.5, 0.6) is 0 Å². The van der Waals surface area contributed by atoms with Crippen LogP contribution in [0.15, 0.2) is 41.1 Å². The molecule has 198 valence electrons. The number of aromatic nitrogens is 5. The van der Waals surface area contributed by atoms with Crippen molar-refractivity contribution in [3.63, 3.8) is 0 Å². The number of hydrogen-bond donors (Lipinski definition) is 1. The summed E-state index contributed by atoms with van der Waals surface area (Å²) in [5.74, 6) is 0.738. The van der Waals surface area contributed by atoms with Crippen molar-refractivity contribution < 1.29 is 13.9 Å². The van der Waals surface area contributed by atoms with Crippen molar-refractivity contribution in [3.8, 4) is 11.3 Å². The lowest BCUT2D eigenvalue weighted by molar-refractivity contribution is 0.102. The minimum absolute atomic E-state index is 0.304. The summed E-state index contributed by atoms with van der Waals surface area (Å²) in [5.41, 5.74) is 2.98. The number of rotatable bonds is 5. The van der Waals surface area contributed by atoms with Gasteiger partial charge in [-0.3, -0.25) is 9.48 Å². The molecule has 4 aromatic heterocycles. The first-order valence-electron chi connectivity index (χ1n) is 12.8. The highest BCUT2D eigenvalue weighted by Crippen LogP contribution is 2.29. The third-order valence-corrected chi connectivity index (χ3v) is 7.13. The molecule has 1 N–H and O–H groups in total. The number of likely N-dealkylation sites (N-methyl/N-ethyl adjacent to an activating group) is 1. The van der Waals surface area contributed by atoms with Gasteiger partial charge in [0.15, 0.2) is 5.58 Å². The SMILES string of the molecule is C[C@H]1CN(c2nc3nc(N4CCOCC4)oc3cc2C(=O)Nc2cccc(-c3cnn(C)c3)n2)CCN1C. The van der Waals surface area contributed by atoms with E-state index in [4.69, 9.17) is 14.1 Å². The molecule has 12 heteroatoms. The zero-order valence-electron chi connectivity index (χ0n) is 21.8. The second-order valence-corrected chi connectivity index (χ2v) is 9.82. The van der Waals surface area contributed by atoms with Crippen LogP contribution in [0.25, 0.3) is 22.5 Å². The number of ether oxygens (including phenoxy) is 1. The minimum atomic E-state index is -0.304. The maximum atomic E-state index is 13.7. The highest BCUT2D eigenvalue weighted by molar-refractivity contribution is 6.08. The lowest BCUT2D eigenvalue weighted by Gasteiger charge is -2.38. The Morgan fingerprint density at radius 3 is 2.66 bits per heavy atom. The molecule has 0 bridgehead atoms. The molecule has 2 aliphatic heterocycles. The van der Waals surface area contributed by atoms with Crippen LogP contribution >= 0.6 is 0 Å². The van der Waals surface area contributed by atoms with Crippen LogP contribution in [-0.2, 0) is 11.8 Å². The van der Waals surface area contributed by atoms with E-state index in [1.807, 2.05) is 30.3 Å². The largest absolute Gasteiger partial charge is 0.422 e. The molecule has 0 saturated carbocycles. The smallest absolute Gasteiger partial charge is 0.300 e. The summed E-state index contributed by atoms with van der Waals surface area (Å²) in [6, 6.07) is 8.08. The molecule has 0 aliphatic carbocycles. The number of nitrogens with zero attached hydrogens (tertiary/aromatic N) is 8. The van der Waals surface area contributed by atoms with Crippen molar-refractivity contribution in [2.24, 2.45) is 7.05 Å². The van der Waals surface area contributed by atoms with E-state index in [9.17, 15) is 4.79 Å². The van der Waals surface area contributed by atoms with Gasteiger partial charge in [-0.1, -0.05) is 6.07 Å². The first-order chi connectivity index (χ1) is 18.4. The Kier molecular flexibility index (Phi) is 6.42. The summed E-state index contributed by atoms with van der Waals surface area (Å²) in [7, 11) is 3.96. The Balaban J connectivity index is 1.35. The fourth-order valence-corrected chi connectivity index (χ4v) is 4.78. The molecule has 0 unspecified atom stereocenters. The topological polar surface area (TPSA) is 118 Å². The van der Waals surface area contributed by atoms with Crippen LogP contribution in [0.4, 0.5) is 17.7 Å². The molecule has 0 radical (unpaired) electrons. The number of morpholine rings is 1. The molecule has 6 heterocycles. The van der Waals surface area contributed by atoms with Gasteiger partial charge in [-0.15, -0.1) is 0 Å². The molecule has 2 saturated heterocycles. The van der Waals surface area contributed by atoms with Crippen molar-refractivity contribution >= 4 is 34.8 Å². The Labute approximate surface area is 220 Å². The quantitative estimate of drug-likeness (QED) is 0.422. The summed E-state index contributed by atoms with van der Waals surface area (Å²) in [4.78, 5) is 34.3. The van der Waals surface area contributed by atoms with Gasteiger partial charge < -0.3 is 29.2 Å². The van der Waals surface area contributed by atoms with E-state index in [2.05, 4.69) is 44.2 Å². The van der Waals surface area contributed by atoms with Crippen molar-refractivity contribution in [1.29, 1.82) is 0 Å². The van der Waals surface area contributed by atoms with Crippen molar-refractivity contribution in [2.75, 3.05) is 68.1 Å². The first kappa shape index (κ1) is 24.3. The molecule has 1 atom stereocenters. The number of aryl methyl sites for hydroxylation is 1. The maximum Gasteiger partial charge on any atom is 0.300 e. The van der Waals surface area contributed by atoms with Crippen LogP contribution < -0.4 is 15.1 Å². The Hall–Kier alpha value is -4.03. The van der Waals surface area contributed by atoms with Crippen molar-refractivity contribution in [2.45, 2.75) is 13.0 Å².